The van der Waals surface area contributed by atoms with Gasteiger partial charge in [-0.1, -0.05) is 40.5 Å². The maximum atomic E-state index is 4.15. The number of aromatic nitrogens is 4. The second-order valence-corrected chi connectivity index (χ2v) is 5.38. The van der Waals surface area contributed by atoms with Crippen LogP contribution in [0.2, 0.25) is 0 Å². The van der Waals surface area contributed by atoms with Gasteiger partial charge in [0.15, 0.2) is 5.82 Å². The molecule has 1 aromatic rings. The van der Waals surface area contributed by atoms with Crippen LogP contribution in [0.15, 0.2) is 0 Å². The Bertz CT molecular complexity index is 330. The number of hydrogen-bond acceptors (Lipinski definition) is 4. The molecular weight excluding hydrogens is 226 g/mol. The Morgan fingerprint density at radius 3 is 2.39 bits per heavy atom. The first-order valence-corrected chi connectivity index (χ1v) is 7.07. The van der Waals surface area contributed by atoms with Gasteiger partial charge in [-0.2, -0.15) is 0 Å². The van der Waals surface area contributed by atoms with E-state index in [-0.39, 0.29) is 0 Å². The lowest BCUT2D eigenvalue weighted by Gasteiger charge is -2.22. The monoisotopic (exact) mass is 253 g/mol. The van der Waals surface area contributed by atoms with E-state index in [1.54, 1.807) is 0 Å². The summed E-state index contributed by atoms with van der Waals surface area (Å²) >= 11 is 0. The molecule has 0 amide bonds. The molecular formula is C13H27N5. The van der Waals surface area contributed by atoms with Crippen LogP contribution in [-0.4, -0.2) is 26.8 Å². The minimum absolute atomic E-state index is 0.367. The van der Waals surface area contributed by atoms with Gasteiger partial charge in [-0.05, 0) is 35.7 Å². The molecule has 0 bridgehead atoms. The highest BCUT2D eigenvalue weighted by molar-refractivity contribution is 4.84. The van der Waals surface area contributed by atoms with Crippen molar-refractivity contribution in [3.63, 3.8) is 0 Å². The molecule has 18 heavy (non-hydrogen) atoms. The molecule has 0 saturated heterocycles. The fourth-order valence-corrected chi connectivity index (χ4v) is 2.29. The molecule has 0 aliphatic heterocycles. The normalized spacial score (nSPS) is 13.5. The Morgan fingerprint density at radius 2 is 1.83 bits per heavy atom. The fourth-order valence-electron chi connectivity index (χ4n) is 2.29. The predicted octanol–water partition coefficient (Wildman–Crippen LogP) is 2.42. The van der Waals surface area contributed by atoms with Gasteiger partial charge in [0.1, 0.15) is 0 Å². The molecule has 0 fully saturated rings. The average Bonchev–Trinajstić information content (AvgIpc) is 2.78. The summed E-state index contributed by atoms with van der Waals surface area (Å²) in [7, 11) is 0. The third-order valence-electron chi connectivity index (χ3n) is 3.51. The number of rotatable bonds is 8. The second-order valence-electron chi connectivity index (χ2n) is 5.38. The molecule has 5 nitrogen and oxygen atoms in total. The van der Waals surface area contributed by atoms with Gasteiger partial charge >= 0.3 is 0 Å². The highest BCUT2D eigenvalue weighted by Crippen LogP contribution is 2.23. The lowest BCUT2D eigenvalue weighted by molar-refractivity contribution is 0.297. The molecule has 0 spiro atoms. The maximum Gasteiger partial charge on any atom is 0.165 e. The van der Waals surface area contributed by atoms with Crippen LogP contribution in [0.3, 0.4) is 0 Å². The molecule has 104 valence electrons. The smallest absolute Gasteiger partial charge is 0.165 e. The van der Waals surface area contributed by atoms with Crippen LogP contribution in [0.4, 0.5) is 0 Å². The van der Waals surface area contributed by atoms with E-state index in [0.717, 1.165) is 31.8 Å². The molecule has 1 N–H and O–H groups in total. The van der Waals surface area contributed by atoms with Crippen molar-refractivity contribution < 1.29 is 0 Å². The first kappa shape index (κ1) is 15.1. The molecule has 0 aliphatic rings. The van der Waals surface area contributed by atoms with E-state index in [2.05, 4.69) is 55.5 Å². The van der Waals surface area contributed by atoms with Crippen LogP contribution < -0.4 is 5.32 Å². The summed E-state index contributed by atoms with van der Waals surface area (Å²) in [6, 6.07) is 0.367. The van der Waals surface area contributed by atoms with Crippen molar-refractivity contribution in [3.8, 4) is 0 Å². The van der Waals surface area contributed by atoms with E-state index in [1.165, 1.54) is 0 Å². The van der Waals surface area contributed by atoms with Crippen LogP contribution in [0.1, 0.15) is 59.3 Å². The fraction of sp³-hybridized carbons (Fsp3) is 0.923. The van der Waals surface area contributed by atoms with Crippen molar-refractivity contribution in [2.45, 2.75) is 60.0 Å². The molecule has 1 aromatic heterocycles. The number of nitrogens with zero attached hydrogens (tertiary/aromatic N) is 4. The van der Waals surface area contributed by atoms with Gasteiger partial charge in [-0.3, -0.25) is 0 Å². The number of nitrogens with one attached hydrogen (secondary N) is 1. The van der Waals surface area contributed by atoms with Crippen molar-refractivity contribution >= 4 is 0 Å². The standard InChI is InChI=1S/C13H27N5/c1-6-12(7-2)11(5)18-13(15-16-17-18)9-14-8-10(3)4/h10-12,14H,6-9H2,1-5H3. The van der Waals surface area contributed by atoms with Gasteiger partial charge in [-0.25, -0.2) is 4.68 Å². The van der Waals surface area contributed by atoms with Gasteiger partial charge in [-0.15, -0.1) is 5.10 Å². The Kier molecular flexibility index (Phi) is 6.25. The molecule has 1 heterocycles. The molecule has 0 aromatic carbocycles. The minimum Gasteiger partial charge on any atom is -0.310 e. The Hall–Kier alpha value is -0.970. The van der Waals surface area contributed by atoms with E-state index >= 15 is 0 Å². The largest absolute Gasteiger partial charge is 0.310 e. The first-order chi connectivity index (χ1) is 8.60. The highest BCUT2D eigenvalue weighted by Gasteiger charge is 2.19. The van der Waals surface area contributed by atoms with Crippen molar-refractivity contribution in [1.82, 2.24) is 25.5 Å². The number of tetrazole rings is 1. The Morgan fingerprint density at radius 1 is 1.17 bits per heavy atom. The molecule has 1 rings (SSSR count). The van der Waals surface area contributed by atoms with Gasteiger partial charge in [0.2, 0.25) is 0 Å². The third-order valence-corrected chi connectivity index (χ3v) is 3.51. The zero-order valence-electron chi connectivity index (χ0n) is 12.3. The van der Waals surface area contributed by atoms with Crippen molar-refractivity contribution in [2.75, 3.05) is 6.54 Å². The van der Waals surface area contributed by atoms with E-state index in [4.69, 9.17) is 0 Å². The van der Waals surface area contributed by atoms with Crippen LogP contribution >= 0.6 is 0 Å². The summed E-state index contributed by atoms with van der Waals surface area (Å²) in [6.07, 6.45) is 2.33. The summed E-state index contributed by atoms with van der Waals surface area (Å²) in [5.41, 5.74) is 0. The van der Waals surface area contributed by atoms with E-state index in [1.807, 2.05) is 4.68 Å². The van der Waals surface area contributed by atoms with Gasteiger partial charge < -0.3 is 5.32 Å². The minimum atomic E-state index is 0.367. The van der Waals surface area contributed by atoms with Crippen LogP contribution in [-0.2, 0) is 6.54 Å². The lowest BCUT2D eigenvalue weighted by Crippen LogP contribution is -2.25. The molecule has 0 saturated carbocycles. The van der Waals surface area contributed by atoms with Gasteiger partial charge in [0.25, 0.3) is 0 Å². The quantitative estimate of drug-likeness (QED) is 0.773. The molecule has 0 radical (unpaired) electrons. The third kappa shape index (κ3) is 4.05. The van der Waals surface area contributed by atoms with E-state index in [0.29, 0.717) is 17.9 Å². The Balaban J connectivity index is 2.63. The summed E-state index contributed by atoms with van der Waals surface area (Å²) in [5, 5.41) is 15.5. The van der Waals surface area contributed by atoms with Crippen molar-refractivity contribution in [2.24, 2.45) is 11.8 Å². The summed E-state index contributed by atoms with van der Waals surface area (Å²) in [5.74, 6) is 2.22. The van der Waals surface area contributed by atoms with Crippen molar-refractivity contribution in [3.05, 3.63) is 5.82 Å². The van der Waals surface area contributed by atoms with Crippen LogP contribution in [0.25, 0.3) is 0 Å². The summed E-state index contributed by atoms with van der Waals surface area (Å²) in [6.45, 7) is 12.8. The molecule has 5 heteroatoms. The maximum absolute atomic E-state index is 4.15. The van der Waals surface area contributed by atoms with Crippen molar-refractivity contribution in [1.29, 1.82) is 0 Å². The second kappa shape index (κ2) is 7.46. The predicted molar refractivity (Wildman–Crippen MR) is 73.1 cm³/mol. The topological polar surface area (TPSA) is 55.6 Å². The van der Waals surface area contributed by atoms with Gasteiger partial charge in [0, 0.05) is 0 Å². The van der Waals surface area contributed by atoms with Gasteiger partial charge in [0.05, 0.1) is 12.6 Å². The SMILES string of the molecule is CCC(CC)C(C)n1nnnc1CNCC(C)C. The summed E-state index contributed by atoms with van der Waals surface area (Å²) in [4.78, 5) is 0. The lowest BCUT2D eigenvalue weighted by atomic mass is 9.95. The molecule has 0 aliphatic carbocycles. The zero-order chi connectivity index (χ0) is 13.5. The van der Waals surface area contributed by atoms with Crippen LogP contribution in [0.5, 0.6) is 0 Å². The first-order valence-electron chi connectivity index (χ1n) is 7.07. The Labute approximate surface area is 110 Å². The van der Waals surface area contributed by atoms with E-state index < -0.39 is 0 Å². The zero-order valence-corrected chi connectivity index (χ0v) is 12.3. The number of hydrogen-bond donors (Lipinski definition) is 1. The molecule has 1 atom stereocenters. The molecule has 1 unspecified atom stereocenters. The summed E-state index contributed by atoms with van der Waals surface area (Å²) < 4.78 is 1.98. The average molecular weight is 253 g/mol. The van der Waals surface area contributed by atoms with E-state index in [9.17, 15) is 0 Å². The van der Waals surface area contributed by atoms with Crippen LogP contribution in [0, 0.1) is 11.8 Å². The highest BCUT2D eigenvalue weighted by atomic mass is 15.6.